The van der Waals surface area contributed by atoms with E-state index in [-0.39, 0.29) is 5.97 Å². The van der Waals surface area contributed by atoms with Gasteiger partial charge in [-0.3, -0.25) is 4.40 Å². The van der Waals surface area contributed by atoms with E-state index < -0.39 is 0 Å². The zero-order chi connectivity index (χ0) is 14.1. The summed E-state index contributed by atoms with van der Waals surface area (Å²) in [7, 11) is 0. The van der Waals surface area contributed by atoms with E-state index in [2.05, 4.69) is 20.9 Å². The number of carbonyl (C=O) groups excluding carboxylic acids is 1. The Bertz CT molecular complexity index is 778. The third-order valence-electron chi connectivity index (χ3n) is 2.81. The van der Waals surface area contributed by atoms with E-state index in [9.17, 15) is 4.79 Å². The summed E-state index contributed by atoms with van der Waals surface area (Å²) in [6.45, 7) is 2.16. The monoisotopic (exact) mass is 350 g/mol. The maximum Gasteiger partial charge on any atom is 0.356 e. The predicted octanol–water partition coefficient (Wildman–Crippen LogP) is 4.00. The number of hydrogen-bond donors (Lipinski definition) is 0. The molecule has 0 saturated heterocycles. The van der Waals surface area contributed by atoms with Crippen molar-refractivity contribution in [3.63, 3.8) is 0 Å². The van der Waals surface area contributed by atoms with Gasteiger partial charge < -0.3 is 4.74 Å². The van der Waals surface area contributed by atoms with Crippen molar-refractivity contribution < 1.29 is 9.53 Å². The van der Waals surface area contributed by atoms with Crippen molar-refractivity contribution in [1.29, 1.82) is 0 Å². The fourth-order valence-corrected chi connectivity index (χ4v) is 3.16. The highest BCUT2D eigenvalue weighted by atomic mass is 79.9. The molecule has 0 spiro atoms. The van der Waals surface area contributed by atoms with E-state index in [0.29, 0.717) is 12.3 Å². The minimum absolute atomic E-state index is 0.322. The zero-order valence-electron chi connectivity index (χ0n) is 10.7. The quantitative estimate of drug-likeness (QED) is 0.670. The first-order chi connectivity index (χ1) is 9.69. The number of carbonyl (C=O) groups is 1. The maximum absolute atomic E-state index is 11.8. The van der Waals surface area contributed by atoms with Crippen LogP contribution in [-0.2, 0) is 4.74 Å². The summed E-state index contributed by atoms with van der Waals surface area (Å²) < 4.78 is 7.81. The summed E-state index contributed by atoms with van der Waals surface area (Å²) in [6, 6.07) is 7.91. The number of aromatic nitrogens is 2. The number of fused-ring (bicyclic) bond motifs is 1. The molecule has 1 aromatic carbocycles. The summed E-state index contributed by atoms with van der Waals surface area (Å²) >= 11 is 4.87. The second kappa shape index (κ2) is 5.38. The highest BCUT2D eigenvalue weighted by molar-refractivity contribution is 9.10. The normalized spacial score (nSPS) is 10.9. The Morgan fingerprint density at radius 1 is 1.50 bits per heavy atom. The number of ether oxygens (including phenoxy) is 1. The van der Waals surface area contributed by atoms with E-state index in [1.807, 2.05) is 30.5 Å². The van der Waals surface area contributed by atoms with Gasteiger partial charge in [0.25, 0.3) is 0 Å². The van der Waals surface area contributed by atoms with Crippen molar-refractivity contribution in [2.45, 2.75) is 6.92 Å². The van der Waals surface area contributed by atoms with E-state index >= 15 is 0 Å². The summed E-state index contributed by atoms with van der Waals surface area (Å²) in [6.07, 6.45) is 1.86. The lowest BCUT2D eigenvalue weighted by Gasteiger charge is -1.99. The van der Waals surface area contributed by atoms with Crippen LogP contribution in [0.1, 0.15) is 17.4 Å². The van der Waals surface area contributed by atoms with Gasteiger partial charge in [0, 0.05) is 21.6 Å². The van der Waals surface area contributed by atoms with Crippen molar-refractivity contribution >= 4 is 38.2 Å². The number of nitrogens with zero attached hydrogens (tertiary/aromatic N) is 2. The first kappa shape index (κ1) is 13.3. The van der Waals surface area contributed by atoms with Crippen molar-refractivity contribution in [3.8, 4) is 11.3 Å². The van der Waals surface area contributed by atoms with Crippen LogP contribution in [0.5, 0.6) is 0 Å². The van der Waals surface area contributed by atoms with Crippen molar-refractivity contribution in [2.75, 3.05) is 6.61 Å². The largest absolute Gasteiger partial charge is 0.461 e. The molecule has 4 nitrogen and oxygen atoms in total. The van der Waals surface area contributed by atoms with Crippen LogP contribution in [0, 0.1) is 0 Å². The van der Waals surface area contributed by atoms with Gasteiger partial charge in [0.05, 0.1) is 12.3 Å². The van der Waals surface area contributed by atoms with Gasteiger partial charge in [0.15, 0.2) is 4.96 Å². The highest BCUT2D eigenvalue weighted by Crippen LogP contribution is 2.25. The Hall–Kier alpha value is -1.66. The number of thiazole rings is 1. The van der Waals surface area contributed by atoms with Crippen LogP contribution in [0.15, 0.2) is 40.3 Å². The van der Waals surface area contributed by atoms with Crippen molar-refractivity contribution in [1.82, 2.24) is 9.38 Å². The minimum Gasteiger partial charge on any atom is -0.461 e. The molecule has 0 amide bonds. The summed E-state index contributed by atoms with van der Waals surface area (Å²) in [5.41, 5.74) is 2.36. The molecule has 0 fully saturated rings. The Kier molecular flexibility index (Phi) is 3.58. The van der Waals surface area contributed by atoms with Crippen LogP contribution in [0.2, 0.25) is 0 Å². The second-order valence-electron chi connectivity index (χ2n) is 4.13. The molecule has 0 radical (unpaired) electrons. The molecule has 6 heteroatoms. The van der Waals surface area contributed by atoms with Gasteiger partial charge in [0.1, 0.15) is 5.69 Å². The van der Waals surface area contributed by atoms with Crippen molar-refractivity contribution in [2.24, 2.45) is 0 Å². The Labute approximate surface area is 128 Å². The standard InChI is InChI=1S/C14H11BrN2O2S/c1-2-19-13(18)12-8-20-14-16-11(7-17(12)14)9-4-3-5-10(15)6-9/h3-8H,2H2,1H3. The number of esters is 1. The van der Waals surface area contributed by atoms with Crippen LogP contribution in [0.25, 0.3) is 16.2 Å². The number of rotatable bonds is 3. The van der Waals surface area contributed by atoms with Gasteiger partial charge in [-0.1, -0.05) is 28.1 Å². The van der Waals surface area contributed by atoms with Gasteiger partial charge >= 0.3 is 5.97 Å². The smallest absolute Gasteiger partial charge is 0.356 e. The topological polar surface area (TPSA) is 43.6 Å². The van der Waals surface area contributed by atoms with Crippen LogP contribution < -0.4 is 0 Å². The molecule has 2 heterocycles. The van der Waals surface area contributed by atoms with Gasteiger partial charge in [-0.05, 0) is 19.1 Å². The number of hydrogen-bond acceptors (Lipinski definition) is 4. The lowest BCUT2D eigenvalue weighted by Crippen LogP contribution is -2.06. The highest BCUT2D eigenvalue weighted by Gasteiger charge is 2.15. The average molecular weight is 351 g/mol. The van der Waals surface area contributed by atoms with E-state index in [4.69, 9.17) is 4.74 Å². The molecule has 3 aromatic rings. The molecular formula is C14H11BrN2O2S. The predicted molar refractivity (Wildman–Crippen MR) is 82.2 cm³/mol. The molecule has 0 atom stereocenters. The van der Waals surface area contributed by atoms with Gasteiger partial charge in [0.2, 0.25) is 0 Å². The zero-order valence-corrected chi connectivity index (χ0v) is 13.1. The van der Waals surface area contributed by atoms with E-state index in [0.717, 1.165) is 20.7 Å². The molecule has 0 aliphatic heterocycles. The molecule has 0 aliphatic rings. The third kappa shape index (κ3) is 2.36. The lowest BCUT2D eigenvalue weighted by atomic mass is 10.2. The molecule has 2 aromatic heterocycles. The second-order valence-corrected chi connectivity index (χ2v) is 5.88. The fraction of sp³-hybridized carbons (Fsp3) is 0.143. The van der Waals surface area contributed by atoms with Crippen LogP contribution >= 0.6 is 27.3 Å². The van der Waals surface area contributed by atoms with Crippen LogP contribution in [0.4, 0.5) is 0 Å². The summed E-state index contributed by atoms with van der Waals surface area (Å²) in [4.78, 5) is 17.2. The summed E-state index contributed by atoms with van der Waals surface area (Å²) in [5, 5.41) is 1.77. The Balaban J connectivity index is 2.05. The SMILES string of the molecule is CCOC(=O)c1csc2nc(-c3cccc(Br)c3)cn12. The summed E-state index contributed by atoms with van der Waals surface area (Å²) in [5.74, 6) is -0.322. The lowest BCUT2D eigenvalue weighted by molar-refractivity contribution is 0.0518. The molecule has 3 rings (SSSR count). The first-order valence-electron chi connectivity index (χ1n) is 6.08. The number of benzene rings is 1. The third-order valence-corrected chi connectivity index (χ3v) is 4.15. The minimum atomic E-state index is -0.322. The fourth-order valence-electron chi connectivity index (χ4n) is 1.92. The Morgan fingerprint density at radius 3 is 3.10 bits per heavy atom. The molecule has 0 aliphatic carbocycles. The van der Waals surface area contributed by atoms with Gasteiger partial charge in [-0.15, -0.1) is 11.3 Å². The molecule has 0 unspecified atom stereocenters. The molecule has 0 N–H and O–H groups in total. The van der Waals surface area contributed by atoms with Crippen LogP contribution in [-0.4, -0.2) is 22.0 Å². The molecule has 0 bridgehead atoms. The van der Waals surface area contributed by atoms with E-state index in [1.54, 1.807) is 16.7 Å². The number of halogens is 1. The molecule has 102 valence electrons. The van der Waals surface area contributed by atoms with Gasteiger partial charge in [-0.25, -0.2) is 9.78 Å². The van der Waals surface area contributed by atoms with E-state index in [1.165, 1.54) is 11.3 Å². The molecule has 20 heavy (non-hydrogen) atoms. The van der Waals surface area contributed by atoms with Crippen molar-refractivity contribution in [3.05, 3.63) is 46.0 Å². The Morgan fingerprint density at radius 2 is 2.35 bits per heavy atom. The molecular weight excluding hydrogens is 340 g/mol. The maximum atomic E-state index is 11.8. The average Bonchev–Trinajstić information content (AvgIpc) is 2.98. The first-order valence-corrected chi connectivity index (χ1v) is 7.76. The number of imidazole rings is 1. The van der Waals surface area contributed by atoms with Crippen LogP contribution in [0.3, 0.4) is 0 Å². The van der Waals surface area contributed by atoms with Gasteiger partial charge in [-0.2, -0.15) is 0 Å². The molecule has 0 saturated carbocycles.